The Bertz CT molecular complexity index is 69.9. The normalized spacial score (nSPS) is 7.38. The summed E-state index contributed by atoms with van der Waals surface area (Å²) in [5.41, 5.74) is 0. The molecule has 0 aliphatic rings. The van der Waals surface area contributed by atoms with Crippen molar-refractivity contribution in [2.24, 2.45) is 0 Å². The average Bonchev–Trinajstić information content (AvgIpc) is 0.722. The molecular formula is H3CrFNaO3PV. The summed E-state index contributed by atoms with van der Waals surface area (Å²) in [6.07, 6.45) is 0. The number of halogens is 1. The second kappa shape index (κ2) is 9.20. The van der Waals surface area contributed by atoms with Crippen LogP contribution in [0.5, 0.6) is 0 Å². The van der Waals surface area contributed by atoms with Crippen molar-refractivity contribution in [3.8, 4) is 0 Å². The van der Waals surface area contributed by atoms with Gasteiger partial charge in [-0.1, -0.05) is 0 Å². The van der Waals surface area contributed by atoms with Crippen LogP contribution < -0.4 is 29.6 Å². The first-order valence-corrected chi connectivity index (χ1v) is 2.25. The monoisotopic (exact) mass is 227 g/mol. The van der Waals surface area contributed by atoms with E-state index in [1.807, 2.05) is 0 Å². The van der Waals surface area contributed by atoms with Crippen molar-refractivity contribution >= 4 is 7.91 Å². The van der Waals surface area contributed by atoms with E-state index in [1.165, 1.54) is 0 Å². The first-order valence-electron chi connectivity index (χ1n) is 0.752. The fraction of sp³-hybridized carbons (Fsp3) is 0. The van der Waals surface area contributed by atoms with Crippen LogP contribution in [0.3, 0.4) is 0 Å². The molecular weight excluding hydrogens is 224 g/mol. The van der Waals surface area contributed by atoms with Gasteiger partial charge in [0.25, 0.3) is 0 Å². The minimum atomic E-state index is -5.14. The van der Waals surface area contributed by atoms with E-state index in [9.17, 15) is 4.20 Å². The van der Waals surface area contributed by atoms with Crippen LogP contribution in [-0.4, -0.2) is 9.79 Å². The fourth-order valence-corrected chi connectivity index (χ4v) is 0. The molecule has 0 saturated carbocycles. The van der Waals surface area contributed by atoms with E-state index in [-0.39, 0.29) is 66.9 Å². The largest absolute Gasteiger partial charge is 1.00 e. The summed E-state index contributed by atoms with van der Waals surface area (Å²) in [5.74, 6) is 0. The molecule has 1 radical (unpaired) electrons. The van der Waals surface area contributed by atoms with E-state index >= 15 is 0 Å². The number of rotatable bonds is 0. The van der Waals surface area contributed by atoms with E-state index in [2.05, 4.69) is 0 Å². The van der Waals surface area contributed by atoms with Gasteiger partial charge in [0.1, 0.15) is 0 Å². The van der Waals surface area contributed by atoms with E-state index in [0.717, 1.165) is 0 Å². The molecule has 0 rings (SSSR count). The minimum absolute atomic E-state index is 0. The summed E-state index contributed by atoms with van der Waals surface area (Å²) in [4.78, 5) is 13.9. The molecule has 2 N–H and O–H groups in total. The SMILES string of the molecule is O=P(O)(O)F.[Cr].[H-].[Na+].[V]. The first kappa shape index (κ1) is 22.5. The topological polar surface area (TPSA) is 57.5 Å². The van der Waals surface area contributed by atoms with Crippen molar-refractivity contribution in [2.45, 2.75) is 0 Å². The van der Waals surface area contributed by atoms with Gasteiger partial charge in [0, 0.05) is 35.9 Å². The van der Waals surface area contributed by atoms with Gasteiger partial charge in [-0.05, 0) is 0 Å². The maximum absolute atomic E-state index is 10.4. The van der Waals surface area contributed by atoms with Crippen molar-refractivity contribution < 1.29 is 85.4 Å². The van der Waals surface area contributed by atoms with Gasteiger partial charge in [-0.2, -0.15) is 0 Å². The van der Waals surface area contributed by atoms with E-state index < -0.39 is 7.91 Å². The van der Waals surface area contributed by atoms with Crippen LogP contribution in [0.25, 0.3) is 0 Å². The molecule has 0 fully saturated rings. The molecule has 0 aromatic carbocycles. The summed E-state index contributed by atoms with van der Waals surface area (Å²) < 4.78 is 19.0. The smallest absolute Gasteiger partial charge is 1.00 e. The maximum Gasteiger partial charge on any atom is 1.00 e. The third-order valence-corrected chi connectivity index (χ3v) is 0. The molecule has 3 nitrogen and oxygen atoms in total. The van der Waals surface area contributed by atoms with Gasteiger partial charge in [0.15, 0.2) is 0 Å². The Morgan fingerprint density at radius 3 is 1.50 bits per heavy atom. The van der Waals surface area contributed by atoms with Gasteiger partial charge in [0.2, 0.25) is 0 Å². The Labute approximate surface area is 92.5 Å². The summed E-state index contributed by atoms with van der Waals surface area (Å²) in [7, 11) is -5.14. The quantitative estimate of drug-likeness (QED) is 0.346. The van der Waals surface area contributed by atoms with Crippen LogP contribution in [-0.2, 0) is 40.5 Å². The van der Waals surface area contributed by atoms with Gasteiger partial charge >= 0.3 is 37.5 Å². The molecule has 0 aromatic rings. The summed E-state index contributed by atoms with van der Waals surface area (Å²) >= 11 is 0. The molecule has 0 unspecified atom stereocenters. The molecule has 0 amide bonds. The van der Waals surface area contributed by atoms with Gasteiger partial charge in [0.05, 0.1) is 0 Å². The van der Waals surface area contributed by atoms with Crippen molar-refractivity contribution in [2.75, 3.05) is 0 Å². The molecule has 8 heavy (non-hydrogen) atoms. The Hall–Kier alpha value is 2.20. The molecule has 0 heterocycles. The standard InChI is InChI=1S/Cr.FH2O3P.Na.V.H/c;1-5(2,3)4;;;/h;(H2,2,3,4);;;/q;;+1;;-1. The fourth-order valence-electron chi connectivity index (χ4n) is 0. The van der Waals surface area contributed by atoms with Crippen LogP contribution in [0.1, 0.15) is 1.43 Å². The van der Waals surface area contributed by atoms with Crippen molar-refractivity contribution in [1.29, 1.82) is 0 Å². The van der Waals surface area contributed by atoms with Crippen LogP contribution in [0.15, 0.2) is 0 Å². The predicted octanol–water partition coefficient (Wildman–Crippen LogP) is -2.84. The molecule has 0 spiro atoms. The zero-order valence-electron chi connectivity index (χ0n) is 4.98. The second-order valence-electron chi connectivity index (χ2n) is 0.473. The Balaban J connectivity index is -0.0000000133. The van der Waals surface area contributed by atoms with Crippen molar-refractivity contribution in [3.63, 3.8) is 0 Å². The zero-order valence-corrected chi connectivity index (χ0v) is 9.55. The van der Waals surface area contributed by atoms with Crippen LogP contribution in [0, 0.1) is 0 Å². The maximum atomic E-state index is 10.4. The van der Waals surface area contributed by atoms with Gasteiger partial charge in [-0.15, -0.1) is 4.20 Å². The molecule has 0 bridgehead atoms. The second-order valence-corrected chi connectivity index (χ2v) is 1.42. The molecule has 8 heteroatoms. The van der Waals surface area contributed by atoms with E-state index in [1.54, 1.807) is 0 Å². The molecule has 0 aliphatic carbocycles. The Morgan fingerprint density at radius 1 is 1.50 bits per heavy atom. The van der Waals surface area contributed by atoms with Gasteiger partial charge in [-0.3, -0.25) is 9.79 Å². The number of hydrogen-bond acceptors (Lipinski definition) is 1. The van der Waals surface area contributed by atoms with Crippen LogP contribution in [0.2, 0.25) is 0 Å². The summed E-state index contributed by atoms with van der Waals surface area (Å²) in [6, 6.07) is 0. The van der Waals surface area contributed by atoms with Gasteiger partial charge in [-0.25, -0.2) is 4.57 Å². The third-order valence-electron chi connectivity index (χ3n) is 0. The summed E-state index contributed by atoms with van der Waals surface area (Å²) in [6.45, 7) is 0. The van der Waals surface area contributed by atoms with E-state index in [0.29, 0.717) is 0 Å². The predicted molar refractivity (Wildman–Crippen MR) is 14.3 cm³/mol. The van der Waals surface area contributed by atoms with Gasteiger partial charge < -0.3 is 1.43 Å². The van der Waals surface area contributed by atoms with Crippen molar-refractivity contribution in [3.05, 3.63) is 0 Å². The van der Waals surface area contributed by atoms with Crippen molar-refractivity contribution in [1.82, 2.24) is 0 Å². The summed E-state index contributed by atoms with van der Waals surface area (Å²) in [5, 5.41) is 0. The number of hydrogen-bond donors (Lipinski definition) is 2. The Kier molecular flexibility index (Phi) is 25.8. The Morgan fingerprint density at radius 2 is 1.50 bits per heavy atom. The third kappa shape index (κ3) is 88.0. The molecule has 0 aromatic heterocycles. The molecule has 0 atom stereocenters. The van der Waals surface area contributed by atoms with Crippen LogP contribution in [0.4, 0.5) is 4.20 Å². The molecule has 0 saturated heterocycles. The average molecular weight is 227 g/mol. The first-order chi connectivity index (χ1) is 2.00. The van der Waals surface area contributed by atoms with Crippen LogP contribution >= 0.6 is 7.91 Å². The minimum Gasteiger partial charge on any atom is -1.00 e. The van der Waals surface area contributed by atoms with E-state index in [4.69, 9.17) is 14.4 Å². The molecule has 0 aliphatic heterocycles. The zero-order chi connectivity index (χ0) is 4.50. The molecule has 45 valence electrons.